The molecule has 0 saturated carbocycles. The zero-order valence-corrected chi connectivity index (χ0v) is 6.33. The van der Waals surface area contributed by atoms with Gasteiger partial charge in [-0.05, 0) is 6.92 Å². The van der Waals surface area contributed by atoms with Crippen molar-refractivity contribution in [2.45, 2.75) is 6.92 Å². The van der Waals surface area contributed by atoms with Gasteiger partial charge in [0.15, 0.2) is 0 Å². The van der Waals surface area contributed by atoms with Crippen LogP contribution in [-0.4, -0.2) is 30.0 Å². The van der Waals surface area contributed by atoms with Crippen molar-refractivity contribution in [3.05, 3.63) is 0 Å². The van der Waals surface area contributed by atoms with Crippen LogP contribution in [0.4, 0.5) is 0 Å². The van der Waals surface area contributed by atoms with E-state index in [1.807, 2.05) is 0 Å². The zero-order chi connectivity index (χ0) is 5.91. The third kappa shape index (κ3) is 9.76. The predicted molar refractivity (Wildman–Crippen MR) is 24.0 cm³/mol. The summed E-state index contributed by atoms with van der Waals surface area (Å²) in [5.74, 6) is 0. The molecule has 0 spiro atoms. The first-order chi connectivity index (χ1) is 3.06. The molecule has 53 valence electrons. The van der Waals surface area contributed by atoms with Gasteiger partial charge in [-0.15, -0.1) is 0 Å². The second-order valence-corrected chi connectivity index (χ2v) is 2.44. The van der Waals surface area contributed by atoms with Crippen LogP contribution in [0.5, 0.6) is 0 Å². The smallest absolute Gasteiger partial charge is 0.368 e. The van der Waals surface area contributed by atoms with Gasteiger partial charge in [-0.1, -0.05) is 0 Å². The Labute approximate surface area is 58.8 Å². The Balaban J connectivity index is 0. The van der Waals surface area contributed by atoms with E-state index in [0.717, 1.165) is 0 Å². The summed E-state index contributed by atoms with van der Waals surface area (Å²) in [7, 11) is -4.16. The molecule has 0 fully saturated rings. The number of rotatable bonds is 2. The third-order valence-electron chi connectivity index (χ3n) is 0.338. The van der Waals surface area contributed by atoms with E-state index < -0.39 is 9.05 Å². The molecule has 0 aliphatic heterocycles. The molecule has 0 aromatic rings. The van der Waals surface area contributed by atoms with Gasteiger partial charge in [0.1, 0.15) is 0 Å². The van der Waals surface area contributed by atoms with Crippen LogP contribution in [0, 0.1) is 0 Å². The van der Waals surface area contributed by atoms with Crippen molar-refractivity contribution < 1.29 is 35.6 Å². The second kappa shape index (κ2) is 4.44. The molecule has 0 atom stereocenters. The summed E-state index contributed by atoms with van der Waals surface area (Å²) in [4.78, 5) is 24.1. The standard InChI is InChI=1S/C2H8O4Si.Co/c1-2-6-7(3,4)5;/h3-5H,2H2,1H3;. The first kappa shape index (κ1) is 11.4. The van der Waals surface area contributed by atoms with Gasteiger partial charge in [0, 0.05) is 23.4 Å². The van der Waals surface area contributed by atoms with Crippen molar-refractivity contribution in [3.8, 4) is 0 Å². The number of hydrogen-bond donors (Lipinski definition) is 3. The summed E-state index contributed by atoms with van der Waals surface area (Å²) in [6.45, 7) is 1.68. The fourth-order valence-electron chi connectivity index (χ4n) is 0.194. The quantitative estimate of drug-likeness (QED) is 0.452. The van der Waals surface area contributed by atoms with Gasteiger partial charge in [-0.3, -0.25) is 0 Å². The summed E-state index contributed by atoms with van der Waals surface area (Å²) in [5, 5.41) is 0. The Morgan fingerprint density at radius 1 is 1.38 bits per heavy atom. The van der Waals surface area contributed by atoms with Crippen LogP contribution < -0.4 is 0 Å². The molecule has 0 aliphatic rings. The molecule has 4 nitrogen and oxygen atoms in total. The summed E-state index contributed by atoms with van der Waals surface area (Å²) < 4.78 is 4.03. The third-order valence-corrected chi connectivity index (χ3v) is 1.01. The maximum Gasteiger partial charge on any atom is 0.671 e. The molecule has 0 saturated heterocycles. The van der Waals surface area contributed by atoms with E-state index in [1.165, 1.54) is 0 Å². The van der Waals surface area contributed by atoms with Crippen molar-refractivity contribution in [2.75, 3.05) is 6.61 Å². The van der Waals surface area contributed by atoms with Gasteiger partial charge in [0.25, 0.3) is 0 Å². The van der Waals surface area contributed by atoms with Crippen molar-refractivity contribution in [2.24, 2.45) is 0 Å². The van der Waals surface area contributed by atoms with E-state index in [1.54, 1.807) is 6.92 Å². The molecule has 8 heavy (non-hydrogen) atoms. The maximum absolute atomic E-state index is 8.05. The molecule has 0 amide bonds. The van der Waals surface area contributed by atoms with Crippen LogP contribution in [0.15, 0.2) is 0 Å². The van der Waals surface area contributed by atoms with Gasteiger partial charge >= 0.3 is 9.05 Å². The molecule has 0 heterocycles. The molecule has 0 unspecified atom stereocenters. The van der Waals surface area contributed by atoms with Gasteiger partial charge in [-0.25, -0.2) is 0 Å². The Kier molecular flexibility index (Phi) is 6.32. The van der Waals surface area contributed by atoms with E-state index in [-0.39, 0.29) is 23.4 Å². The fourth-order valence-corrected chi connectivity index (χ4v) is 0.581. The van der Waals surface area contributed by atoms with E-state index in [4.69, 9.17) is 14.4 Å². The molecule has 0 aromatic heterocycles. The molecule has 0 aromatic carbocycles. The van der Waals surface area contributed by atoms with Gasteiger partial charge in [0.2, 0.25) is 0 Å². The average Bonchev–Trinajstić information content (AvgIpc) is 1.30. The number of hydrogen-bond acceptors (Lipinski definition) is 4. The van der Waals surface area contributed by atoms with E-state index in [9.17, 15) is 0 Å². The second-order valence-electron chi connectivity index (χ2n) is 1.01. The SMILES string of the molecule is CCO[Si](O)(O)O.[Co]. The molecular weight excluding hydrogens is 175 g/mol. The minimum Gasteiger partial charge on any atom is -0.368 e. The van der Waals surface area contributed by atoms with Crippen LogP contribution >= 0.6 is 0 Å². The van der Waals surface area contributed by atoms with Crippen LogP contribution in [0.3, 0.4) is 0 Å². The zero-order valence-electron chi connectivity index (χ0n) is 4.29. The minimum atomic E-state index is -4.16. The van der Waals surface area contributed by atoms with Crippen LogP contribution in [0.25, 0.3) is 0 Å². The fraction of sp³-hybridized carbons (Fsp3) is 1.00. The molecule has 1 radical (unpaired) electrons. The largest absolute Gasteiger partial charge is 0.671 e. The van der Waals surface area contributed by atoms with Crippen molar-refractivity contribution in [1.82, 2.24) is 0 Å². The molecule has 0 rings (SSSR count). The molecule has 0 aliphatic carbocycles. The van der Waals surface area contributed by atoms with Crippen molar-refractivity contribution in [3.63, 3.8) is 0 Å². The summed E-state index contributed by atoms with van der Waals surface area (Å²) in [6.07, 6.45) is 0. The normalized spacial score (nSPS) is 10.5. The van der Waals surface area contributed by atoms with Gasteiger partial charge in [0.05, 0.1) is 0 Å². The van der Waals surface area contributed by atoms with E-state index in [0.29, 0.717) is 0 Å². The van der Waals surface area contributed by atoms with E-state index >= 15 is 0 Å². The van der Waals surface area contributed by atoms with Crippen LogP contribution in [0.2, 0.25) is 0 Å². The molecule has 6 heteroatoms. The molecular formula is C2H8CoO4Si. The Bertz CT molecular complexity index is 52.5. The first-order valence-corrected chi connectivity index (χ1v) is 3.62. The molecule has 0 bridgehead atoms. The van der Waals surface area contributed by atoms with Gasteiger partial charge < -0.3 is 18.8 Å². The van der Waals surface area contributed by atoms with Crippen molar-refractivity contribution in [1.29, 1.82) is 0 Å². The first-order valence-electron chi connectivity index (χ1n) is 1.87. The Hall–Kier alpha value is 0.563. The maximum atomic E-state index is 8.05. The average molecular weight is 183 g/mol. The monoisotopic (exact) mass is 183 g/mol. The Morgan fingerprint density at radius 3 is 1.75 bits per heavy atom. The predicted octanol–water partition coefficient (Wildman–Crippen LogP) is -1.57. The summed E-state index contributed by atoms with van der Waals surface area (Å²) >= 11 is 0. The summed E-state index contributed by atoms with van der Waals surface area (Å²) in [5.41, 5.74) is 0. The molecule has 3 N–H and O–H groups in total. The Morgan fingerprint density at radius 2 is 1.75 bits per heavy atom. The minimum absolute atomic E-state index is 0. The van der Waals surface area contributed by atoms with Crippen LogP contribution in [0.1, 0.15) is 6.92 Å². The van der Waals surface area contributed by atoms with Crippen molar-refractivity contribution >= 4 is 9.05 Å². The topological polar surface area (TPSA) is 69.9 Å². The van der Waals surface area contributed by atoms with E-state index in [2.05, 4.69) is 4.43 Å². The van der Waals surface area contributed by atoms with Crippen LogP contribution in [-0.2, 0) is 21.2 Å². The summed E-state index contributed by atoms with van der Waals surface area (Å²) in [6, 6.07) is 0. The van der Waals surface area contributed by atoms with Gasteiger partial charge in [-0.2, -0.15) is 0 Å².